The van der Waals surface area contributed by atoms with Crippen molar-refractivity contribution in [3.8, 4) is 11.5 Å². The number of carbonyl (C=O) groups excluding carboxylic acids is 1. The number of benzene rings is 2. The second-order valence-electron chi connectivity index (χ2n) is 7.35. The number of nitrogens with zero attached hydrogens (tertiary/aromatic N) is 1. The van der Waals surface area contributed by atoms with Gasteiger partial charge in [0.2, 0.25) is 12.8 Å². The van der Waals surface area contributed by atoms with Gasteiger partial charge in [0.25, 0.3) is 5.91 Å². The van der Waals surface area contributed by atoms with Gasteiger partial charge >= 0.3 is 0 Å². The highest BCUT2D eigenvalue weighted by molar-refractivity contribution is 6.10. The molecule has 2 aromatic rings. The normalized spacial score (nSPS) is 18.0. The highest BCUT2D eigenvalue weighted by Gasteiger charge is 2.18. The molecule has 2 N–H and O–H groups in total. The Balaban J connectivity index is 1.52. The Kier molecular flexibility index (Phi) is 5.67. The van der Waals surface area contributed by atoms with Crippen molar-refractivity contribution in [2.24, 2.45) is 4.99 Å². The van der Waals surface area contributed by atoms with E-state index in [0.717, 1.165) is 36.3 Å². The summed E-state index contributed by atoms with van der Waals surface area (Å²) >= 11 is 0. The minimum Gasteiger partial charge on any atom is -0.454 e. The van der Waals surface area contributed by atoms with Crippen LogP contribution in [0.1, 0.15) is 34.3 Å². The van der Waals surface area contributed by atoms with Crippen LogP contribution in [0.4, 0.5) is 5.69 Å². The number of aryl methyl sites for hydroxylation is 2. The summed E-state index contributed by atoms with van der Waals surface area (Å²) in [5.74, 6) is 1.33. The van der Waals surface area contributed by atoms with Crippen LogP contribution >= 0.6 is 0 Å². The molecule has 0 aliphatic carbocycles. The van der Waals surface area contributed by atoms with E-state index in [1.807, 2.05) is 26.0 Å². The summed E-state index contributed by atoms with van der Waals surface area (Å²) in [6, 6.07) is 11.2. The summed E-state index contributed by atoms with van der Waals surface area (Å²) in [7, 11) is 0. The highest BCUT2D eigenvalue weighted by Crippen LogP contribution is 2.32. The summed E-state index contributed by atoms with van der Waals surface area (Å²) in [6.07, 6.45) is 2.12. The van der Waals surface area contributed by atoms with Crippen LogP contribution in [0.5, 0.6) is 11.5 Å². The minimum atomic E-state index is -0.272. The van der Waals surface area contributed by atoms with Crippen LogP contribution in [0.2, 0.25) is 0 Å². The van der Waals surface area contributed by atoms with Gasteiger partial charge in [-0.2, -0.15) is 0 Å². The molecule has 0 radical (unpaired) electrons. The van der Waals surface area contributed by atoms with Crippen molar-refractivity contribution in [1.82, 2.24) is 5.32 Å². The molecule has 0 saturated carbocycles. The topological polar surface area (TPSA) is 81.2 Å². The highest BCUT2D eigenvalue weighted by atomic mass is 16.7. The quantitative estimate of drug-likeness (QED) is 0.613. The number of ether oxygens (including phenoxy) is 3. The zero-order valence-corrected chi connectivity index (χ0v) is 16.7. The van der Waals surface area contributed by atoms with Crippen molar-refractivity contribution in [3.05, 3.63) is 53.1 Å². The molecule has 2 heterocycles. The fourth-order valence-corrected chi connectivity index (χ4v) is 3.49. The summed E-state index contributed by atoms with van der Waals surface area (Å²) in [4.78, 5) is 17.4. The molecule has 2 aliphatic rings. The Morgan fingerprint density at radius 1 is 1.10 bits per heavy atom. The van der Waals surface area contributed by atoms with Gasteiger partial charge < -0.3 is 19.5 Å². The lowest BCUT2D eigenvalue weighted by Gasteiger charge is -2.14. The van der Waals surface area contributed by atoms with E-state index in [4.69, 9.17) is 14.2 Å². The number of amides is 1. The van der Waals surface area contributed by atoms with Crippen molar-refractivity contribution in [3.63, 3.8) is 0 Å². The first-order valence-electron chi connectivity index (χ1n) is 9.79. The zero-order chi connectivity index (χ0) is 20.2. The van der Waals surface area contributed by atoms with Crippen LogP contribution in [-0.4, -0.2) is 37.9 Å². The van der Waals surface area contributed by atoms with Crippen LogP contribution in [0.15, 0.2) is 41.4 Å². The average Bonchev–Trinajstić information content (AvgIpc) is 3.36. The Morgan fingerprint density at radius 3 is 2.66 bits per heavy atom. The van der Waals surface area contributed by atoms with E-state index in [-0.39, 0.29) is 18.8 Å². The smallest absolute Gasteiger partial charge is 0.258 e. The lowest BCUT2D eigenvalue weighted by molar-refractivity contribution is 0.0975. The fourth-order valence-electron chi connectivity index (χ4n) is 3.49. The molecule has 0 unspecified atom stereocenters. The van der Waals surface area contributed by atoms with E-state index in [0.29, 0.717) is 29.6 Å². The van der Waals surface area contributed by atoms with Crippen molar-refractivity contribution < 1.29 is 19.0 Å². The second kappa shape index (κ2) is 8.53. The van der Waals surface area contributed by atoms with E-state index in [9.17, 15) is 4.79 Å². The largest absolute Gasteiger partial charge is 0.454 e. The Hall–Kier alpha value is -3.06. The van der Waals surface area contributed by atoms with Crippen molar-refractivity contribution in [1.29, 1.82) is 0 Å². The van der Waals surface area contributed by atoms with E-state index >= 15 is 0 Å². The number of aliphatic imine (C=N–C) groups is 1. The van der Waals surface area contributed by atoms with Gasteiger partial charge in [-0.15, -0.1) is 0 Å². The van der Waals surface area contributed by atoms with E-state index in [2.05, 4.69) is 21.7 Å². The summed E-state index contributed by atoms with van der Waals surface area (Å²) in [5.41, 5.74) is 3.61. The molecule has 7 heteroatoms. The molecule has 0 spiro atoms. The number of fused-ring (bicyclic) bond motifs is 1. The maximum absolute atomic E-state index is 12.8. The first-order chi connectivity index (χ1) is 14.1. The molecule has 152 valence electrons. The van der Waals surface area contributed by atoms with Crippen molar-refractivity contribution in [2.45, 2.75) is 32.8 Å². The van der Waals surface area contributed by atoms with Crippen LogP contribution in [-0.2, 0) is 4.74 Å². The maximum atomic E-state index is 12.8. The number of guanidine groups is 1. The number of carbonyl (C=O) groups is 1. The van der Waals surface area contributed by atoms with Crippen molar-refractivity contribution in [2.75, 3.05) is 25.3 Å². The van der Waals surface area contributed by atoms with Gasteiger partial charge in [-0.25, -0.2) is 4.99 Å². The number of nitrogens with one attached hydrogen (secondary N) is 2. The Morgan fingerprint density at radius 2 is 1.90 bits per heavy atom. The van der Waals surface area contributed by atoms with E-state index in [1.54, 1.807) is 18.2 Å². The van der Waals surface area contributed by atoms with Crippen LogP contribution in [0.25, 0.3) is 0 Å². The number of hydrogen-bond donors (Lipinski definition) is 2. The van der Waals surface area contributed by atoms with Gasteiger partial charge in [0.15, 0.2) is 11.5 Å². The monoisotopic (exact) mass is 395 g/mol. The molecule has 0 aromatic heterocycles. The lowest BCUT2D eigenvalue weighted by Crippen LogP contribution is -2.36. The Labute approximate surface area is 170 Å². The van der Waals surface area contributed by atoms with Gasteiger partial charge in [-0.3, -0.25) is 10.1 Å². The molecule has 1 amide bonds. The first kappa shape index (κ1) is 19.3. The second-order valence-corrected chi connectivity index (χ2v) is 7.35. The number of hydrogen-bond acceptors (Lipinski definition) is 5. The predicted molar refractivity (Wildman–Crippen MR) is 111 cm³/mol. The molecule has 29 heavy (non-hydrogen) atoms. The van der Waals surface area contributed by atoms with E-state index < -0.39 is 0 Å². The maximum Gasteiger partial charge on any atom is 0.258 e. The van der Waals surface area contributed by atoms with E-state index in [1.165, 1.54) is 0 Å². The van der Waals surface area contributed by atoms with Gasteiger partial charge in [0.1, 0.15) is 0 Å². The predicted octanol–water partition coefficient (Wildman–Crippen LogP) is 3.41. The SMILES string of the molecule is Cc1cc(C)cc(NC(=NC[C@@H]2CCCO2)NC(=O)c2ccc3c(c2)OCO3)c1. The molecule has 2 aliphatic heterocycles. The van der Waals surface area contributed by atoms with Gasteiger partial charge in [0, 0.05) is 17.9 Å². The molecule has 1 saturated heterocycles. The lowest BCUT2D eigenvalue weighted by atomic mass is 10.1. The first-order valence-corrected chi connectivity index (χ1v) is 9.79. The fraction of sp³-hybridized carbons (Fsp3) is 0.364. The molecule has 1 atom stereocenters. The van der Waals surface area contributed by atoms with Gasteiger partial charge in [-0.05, 0) is 68.1 Å². The molecular formula is C22H25N3O4. The molecule has 1 fully saturated rings. The average molecular weight is 395 g/mol. The van der Waals surface area contributed by atoms with Crippen LogP contribution in [0, 0.1) is 13.8 Å². The summed E-state index contributed by atoms with van der Waals surface area (Å²) in [6.45, 7) is 5.50. The molecule has 2 aromatic carbocycles. The zero-order valence-electron chi connectivity index (χ0n) is 16.7. The molecule has 7 nitrogen and oxygen atoms in total. The number of rotatable bonds is 4. The molecular weight excluding hydrogens is 370 g/mol. The third-order valence-corrected chi connectivity index (χ3v) is 4.83. The van der Waals surface area contributed by atoms with Crippen LogP contribution < -0.4 is 20.1 Å². The van der Waals surface area contributed by atoms with Crippen LogP contribution in [0.3, 0.4) is 0 Å². The standard InChI is InChI=1S/C22H25N3O4/c1-14-8-15(2)10-17(9-14)24-22(23-12-18-4-3-7-27-18)25-21(26)16-5-6-19-20(11-16)29-13-28-19/h5-6,8-11,18H,3-4,7,12-13H2,1-2H3,(H2,23,24,25,26)/t18-/m0/s1. The minimum absolute atomic E-state index is 0.0912. The number of anilines is 1. The molecule has 4 rings (SSSR count). The Bertz CT molecular complexity index is 915. The van der Waals surface area contributed by atoms with Gasteiger partial charge in [0.05, 0.1) is 12.6 Å². The van der Waals surface area contributed by atoms with Crippen molar-refractivity contribution >= 4 is 17.6 Å². The molecule has 0 bridgehead atoms. The van der Waals surface area contributed by atoms with Gasteiger partial charge in [-0.1, -0.05) is 6.07 Å². The third kappa shape index (κ3) is 4.86. The summed E-state index contributed by atoms with van der Waals surface area (Å²) in [5, 5.41) is 6.13. The summed E-state index contributed by atoms with van der Waals surface area (Å²) < 4.78 is 16.3. The third-order valence-electron chi connectivity index (χ3n) is 4.83.